The highest BCUT2D eigenvalue weighted by Crippen LogP contribution is 2.64. The average Bonchev–Trinajstić information content (AvgIpc) is 2.24. The van der Waals surface area contributed by atoms with Crippen LogP contribution in [0.4, 0.5) is 0 Å². The molecule has 0 heterocycles. The second-order valence-electron chi connectivity index (χ2n) is 9.55. The van der Waals surface area contributed by atoms with Gasteiger partial charge in [0, 0.05) is 5.20 Å². The Hall–Kier alpha value is -0.333. The molecule has 0 N–H and O–H groups in total. The predicted molar refractivity (Wildman–Crippen MR) is 87.0 cm³/mol. The Morgan fingerprint density at radius 2 is 1.40 bits per heavy atom. The van der Waals surface area contributed by atoms with E-state index in [4.69, 9.17) is 0 Å². The molecule has 0 spiro atoms. The molecule has 4 aliphatic rings. The van der Waals surface area contributed by atoms with Crippen molar-refractivity contribution in [1.29, 1.82) is 0 Å². The number of rotatable bonds is 2. The lowest BCUT2D eigenvalue weighted by Gasteiger charge is -2.59. The molecule has 0 aromatic heterocycles. The van der Waals surface area contributed by atoms with Crippen LogP contribution in [0.5, 0.6) is 0 Å². The maximum absolute atomic E-state index is 12.0. The zero-order valence-electron chi connectivity index (χ0n) is 13.9. The molecule has 4 bridgehead atoms. The maximum Gasteiger partial charge on any atom is 0.119 e. The zero-order chi connectivity index (χ0) is 14.8. The van der Waals surface area contributed by atoms with Gasteiger partial charge in [-0.05, 0) is 66.7 Å². The maximum atomic E-state index is 12.0. The zero-order valence-corrected chi connectivity index (χ0v) is 14.9. The summed E-state index contributed by atoms with van der Waals surface area (Å²) >= 11 is 0. The Labute approximate surface area is 125 Å². The van der Waals surface area contributed by atoms with E-state index in [0.717, 1.165) is 17.8 Å². The first-order valence-electron chi connectivity index (χ1n) is 8.44. The van der Waals surface area contributed by atoms with Gasteiger partial charge in [0.1, 0.15) is 5.94 Å². The van der Waals surface area contributed by atoms with E-state index in [0.29, 0.717) is 0 Å². The van der Waals surface area contributed by atoms with Gasteiger partial charge in [-0.15, -0.1) is 0 Å². The molecule has 0 aliphatic heterocycles. The van der Waals surface area contributed by atoms with Crippen LogP contribution in [0, 0.1) is 23.2 Å². The fourth-order valence-corrected chi connectivity index (χ4v) is 8.33. The van der Waals surface area contributed by atoms with Crippen molar-refractivity contribution in [3.63, 3.8) is 0 Å². The summed E-state index contributed by atoms with van der Waals surface area (Å²) < 4.78 is 0. The first kappa shape index (κ1) is 14.6. The van der Waals surface area contributed by atoms with Gasteiger partial charge in [-0.1, -0.05) is 33.9 Å². The van der Waals surface area contributed by atoms with Gasteiger partial charge in [0.15, 0.2) is 0 Å². The van der Waals surface area contributed by atoms with E-state index in [9.17, 15) is 4.79 Å². The van der Waals surface area contributed by atoms with Crippen molar-refractivity contribution in [3.8, 4) is 0 Å². The lowest BCUT2D eigenvalue weighted by atomic mass is 9.49. The van der Waals surface area contributed by atoms with E-state index in [-0.39, 0.29) is 10.5 Å². The summed E-state index contributed by atoms with van der Waals surface area (Å²) in [7, 11) is -1.73. The number of hydrogen-bond donors (Lipinski definition) is 0. The Kier molecular flexibility index (Phi) is 3.16. The largest absolute Gasteiger partial charge is 0.234 e. The Balaban J connectivity index is 2.01. The monoisotopic (exact) mass is 290 g/mol. The molecular formula is C18H30OSi. The van der Waals surface area contributed by atoms with Crippen LogP contribution in [0.1, 0.15) is 59.3 Å². The van der Waals surface area contributed by atoms with Gasteiger partial charge >= 0.3 is 0 Å². The fourth-order valence-electron chi connectivity index (χ4n) is 5.69. The molecule has 1 nitrogen and oxygen atoms in total. The lowest BCUT2D eigenvalue weighted by Crippen LogP contribution is -2.54. The van der Waals surface area contributed by atoms with Gasteiger partial charge in [0.2, 0.25) is 0 Å². The molecule has 0 atom stereocenters. The molecule has 4 aliphatic carbocycles. The van der Waals surface area contributed by atoms with Crippen molar-refractivity contribution in [2.45, 2.75) is 77.4 Å². The molecule has 0 saturated heterocycles. The van der Waals surface area contributed by atoms with E-state index in [1.165, 1.54) is 43.7 Å². The molecule has 0 aromatic carbocycles. The summed E-state index contributed by atoms with van der Waals surface area (Å²) in [6, 6.07) is 0. The van der Waals surface area contributed by atoms with E-state index >= 15 is 0 Å². The van der Waals surface area contributed by atoms with E-state index < -0.39 is 8.07 Å². The molecule has 0 aromatic rings. The molecular weight excluding hydrogens is 260 g/mol. The van der Waals surface area contributed by atoms with E-state index in [1.54, 1.807) is 0 Å². The third-order valence-electron chi connectivity index (χ3n) is 7.17. The van der Waals surface area contributed by atoms with Crippen molar-refractivity contribution in [2.75, 3.05) is 0 Å². The molecule has 4 saturated carbocycles. The Morgan fingerprint density at radius 3 is 1.70 bits per heavy atom. The van der Waals surface area contributed by atoms with Gasteiger partial charge in [-0.3, -0.25) is 0 Å². The van der Waals surface area contributed by atoms with Crippen LogP contribution in [0.2, 0.25) is 18.1 Å². The van der Waals surface area contributed by atoms with Crippen molar-refractivity contribution in [2.24, 2.45) is 23.2 Å². The molecule has 0 radical (unpaired) electrons. The summed E-state index contributed by atoms with van der Waals surface area (Å²) in [4.78, 5) is 12.0. The van der Waals surface area contributed by atoms with Crippen molar-refractivity contribution in [1.82, 2.24) is 0 Å². The molecule has 0 amide bonds. The minimum Gasteiger partial charge on any atom is -0.234 e. The van der Waals surface area contributed by atoms with Crippen LogP contribution in [-0.2, 0) is 4.79 Å². The van der Waals surface area contributed by atoms with E-state index in [2.05, 4.69) is 39.8 Å². The van der Waals surface area contributed by atoms with Crippen LogP contribution < -0.4 is 0 Å². The highest BCUT2D eigenvalue weighted by molar-refractivity contribution is 6.88. The van der Waals surface area contributed by atoms with Crippen molar-refractivity contribution < 1.29 is 4.79 Å². The van der Waals surface area contributed by atoms with Crippen molar-refractivity contribution in [3.05, 3.63) is 5.20 Å². The molecule has 20 heavy (non-hydrogen) atoms. The highest BCUT2D eigenvalue weighted by Gasteiger charge is 2.57. The summed E-state index contributed by atoms with van der Waals surface area (Å²) in [5.41, 5.74) is 0.263. The van der Waals surface area contributed by atoms with Crippen LogP contribution in [0.25, 0.3) is 0 Å². The number of allylic oxidation sites excluding steroid dienone is 1. The van der Waals surface area contributed by atoms with Crippen molar-refractivity contribution >= 4 is 14.0 Å². The number of hydrogen-bond acceptors (Lipinski definition) is 1. The topological polar surface area (TPSA) is 17.1 Å². The fraction of sp³-hybridized carbons (Fsp3) is 0.889. The summed E-state index contributed by atoms with van der Waals surface area (Å²) in [5, 5.41) is 1.51. The highest BCUT2D eigenvalue weighted by atomic mass is 28.3. The van der Waals surface area contributed by atoms with Crippen LogP contribution in [0.15, 0.2) is 5.20 Å². The molecule has 112 valence electrons. The SMILES string of the molecule is CC(C)(C)[Si](C)(C)C(=C=O)C12CC3CC(CC(C3)C1)C2. The number of carbonyl (C=O) groups excluding carboxylic acids is 1. The summed E-state index contributed by atoms with van der Waals surface area (Å²) in [6.45, 7) is 11.8. The Bertz CT molecular complexity index is 427. The van der Waals surface area contributed by atoms with Gasteiger partial charge < -0.3 is 0 Å². The first-order valence-corrected chi connectivity index (χ1v) is 11.4. The summed E-state index contributed by atoms with van der Waals surface area (Å²) in [5.74, 6) is 5.27. The first-order chi connectivity index (χ1) is 9.18. The molecule has 0 unspecified atom stereocenters. The smallest absolute Gasteiger partial charge is 0.119 e. The van der Waals surface area contributed by atoms with Crippen LogP contribution >= 0.6 is 0 Å². The van der Waals surface area contributed by atoms with Gasteiger partial charge in [0.05, 0.1) is 8.07 Å². The van der Waals surface area contributed by atoms with Gasteiger partial charge in [-0.25, -0.2) is 4.79 Å². The standard InChI is InChI=1S/C18H30OSi/c1-17(2,3)20(4,5)16(12-19)18-9-13-6-14(10-18)8-15(7-13)11-18/h13-15H,6-11H2,1-5H3. The second-order valence-corrected chi connectivity index (χ2v) is 14.8. The second kappa shape index (κ2) is 4.33. The third kappa shape index (κ3) is 1.99. The Morgan fingerprint density at radius 1 is 1.00 bits per heavy atom. The molecule has 2 heteroatoms. The lowest BCUT2D eigenvalue weighted by molar-refractivity contribution is -0.0266. The molecule has 4 fully saturated rings. The normalized spacial score (nSPS) is 39.8. The van der Waals surface area contributed by atoms with Crippen LogP contribution in [0.3, 0.4) is 0 Å². The average molecular weight is 291 g/mol. The van der Waals surface area contributed by atoms with E-state index in [1.807, 2.05) is 0 Å². The van der Waals surface area contributed by atoms with Crippen LogP contribution in [-0.4, -0.2) is 14.0 Å². The summed E-state index contributed by atoms with van der Waals surface area (Å²) in [6.07, 6.45) is 8.25. The minimum absolute atomic E-state index is 0.253. The quantitative estimate of drug-likeness (QED) is 0.516. The predicted octanol–water partition coefficient (Wildman–Crippen LogP) is 5.01. The minimum atomic E-state index is -1.73. The third-order valence-corrected chi connectivity index (χ3v) is 12.8. The molecule has 4 rings (SSSR count). The van der Waals surface area contributed by atoms with Gasteiger partial charge in [-0.2, -0.15) is 0 Å². The van der Waals surface area contributed by atoms with Gasteiger partial charge in [0.25, 0.3) is 0 Å².